The molecule has 20 heavy (non-hydrogen) atoms. The van der Waals surface area contributed by atoms with Crippen molar-refractivity contribution in [3.05, 3.63) is 23.8 Å². The lowest BCUT2D eigenvalue weighted by Crippen LogP contribution is -2.46. The van der Waals surface area contributed by atoms with E-state index in [1.165, 1.54) is 0 Å². The Bertz CT molecular complexity index is 474. The van der Waals surface area contributed by atoms with Crippen molar-refractivity contribution in [3.8, 4) is 5.75 Å². The Hall–Kier alpha value is -1.55. The van der Waals surface area contributed by atoms with E-state index in [0.29, 0.717) is 11.7 Å². The maximum Gasteiger partial charge on any atom is 0.241 e. The molecule has 2 rings (SSSR count). The minimum absolute atomic E-state index is 0.0343. The van der Waals surface area contributed by atoms with E-state index in [9.17, 15) is 4.79 Å². The molecule has 0 aliphatic carbocycles. The summed E-state index contributed by atoms with van der Waals surface area (Å²) in [4.78, 5) is 12.4. The second-order valence-electron chi connectivity index (χ2n) is 5.50. The molecule has 1 aromatic rings. The Kier molecular flexibility index (Phi) is 5.01. The van der Waals surface area contributed by atoms with E-state index in [1.807, 2.05) is 25.1 Å². The zero-order valence-electron chi connectivity index (χ0n) is 12.5. The summed E-state index contributed by atoms with van der Waals surface area (Å²) in [6.07, 6.45) is 3.21. The molecule has 2 unspecified atom stereocenters. The molecule has 1 aliphatic rings. The molecular weight excluding hydrogens is 252 g/mol. The normalized spacial score (nSPS) is 22.4. The third-order valence-electron chi connectivity index (χ3n) is 4.02. The van der Waals surface area contributed by atoms with Crippen LogP contribution in [0.4, 0.5) is 5.69 Å². The van der Waals surface area contributed by atoms with Gasteiger partial charge in [-0.1, -0.05) is 19.4 Å². The van der Waals surface area contributed by atoms with Gasteiger partial charge in [0.05, 0.1) is 18.8 Å². The fourth-order valence-electron chi connectivity index (χ4n) is 2.71. The van der Waals surface area contributed by atoms with Gasteiger partial charge in [0.15, 0.2) is 0 Å². The molecule has 1 saturated heterocycles. The number of amides is 1. The van der Waals surface area contributed by atoms with Gasteiger partial charge < -0.3 is 15.4 Å². The molecule has 1 amide bonds. The maximum absolute atomic E-state index is 12.4. The molecule has 2 atom stereocenters. The van der Waals surface area contributed by atoms with Crippen molar-refractivity contribution in [1.29, 1.82) is 0 Å². The second-order valence-corrected chi connectivity index (χ2v) is 5.50. The average Bonchev–Trinajstić information content (AvgIpc) is 2.47. The molecule has 0 bridgehead atoms. The summed E-state index contributed by atoms with van der Waals surface area (Å²) in [6, 6.07) is 5.70. The first kappa shape index (κ1) is 14.9. The molecule has 0 radical (unpaired) electrons. The van der Waals surface area contributed by atoms with Crippen LogP contribution in [0.2, 0.25) is 0 Å². The van der Waals surface area contributed by atoms with Crippen molar-refractivity contribution < 1.29 is 9.53 Å². The van der Waals surface area contributed by atoms with Crippen LogP contribution < -0.4 is 15.4 Å². The van der Waals surface area contributed by atoms with Crippen LogP contribution in [-0.4, -0.2) is 25.6 Å². The highest BCUT2D eigenvalue weighted by atomic mass is 16.5. The standard InChI is InChI=1S/C16H24N2O2/c1-4-12-7-8-17-14(10-12)16(19)18-13-9-11(2)5-6-15(13)20-3/h5-6,9,12,14,17H,4,7-8,10H2,1-3H3,(H,18,19). The molecule has 110 valence electrons. The van der Waals surface area contributed by atoms with Gasteiger partial charge in [-0.15, -0.1) is 0 Å². The number of aryl methyl sites for hydroxylation is 1. The van der Waals surface area contributed by atoms with Crippen LogP contribution in [0.5, 0.6) is 5.75 Å². The van der Waals surface area contributed by atoms with E-state index in [2.05, 4.69) is 17.6 Å². The number of hydrogen-bond acceptors (Lipinski definition) is 3. The summed E-state index contributed by atoms with van der Waals surface area (Å²) in [5.41, 5.74) is 1.85. The van der Waals surface area contributed by atoms with E-state index in [4.69, 9.17) is 4.74 Å². The van der Waals surface area contributed by atoms with Gasteiger partial charge in [-0.25, -0.2) is 0 Å². The molecule has 1 heterocycles. The monoisotopic (exact) mass is 276 g/mol. The minimum atomic E-state index is -0.0982. The number of benzene rings is 1. The Morgan fingerprint density at radius 3 is 3.00 bits per heavy atom. The van der Waals surface area contributed by atoms with E-state index in [-0.39, 0.29) is 11.9 Å². The number of piperidine rings is 1. The zero-order valence-corrected chi connectivity index (χ0v) is 12.5. The third kappa shape index (κ3) is 3.51. The fourth-order valence-corrected chi connectivity index (χ4v) is 2.71. The molecular formula is C16H24N2O2. The first-order valence-electron chi connectivity index (χ1n) is 7.33. The smallest absolute Gasteiger partial charge is 0.241 e. The predicted molar refractivity (Wildman–Crippen MR) is 81.2 cm³/mol. The lowest BCUT2D eigenvalue weighted by Gasteiger charge is -2.29. The van der Waals surface area contributed by atoms with Crippen molar-refractivity contribution in [2.75, 3.05) is 19.0 Å². The highest BCUT2D eigenvalue weighted by Gasteiger charge is 2.26. The van der Waals surface area contributed by atoms with Crippen molar-refractivity contribution in [3.63, 3.8) is 0 Å². The number of nitrogens with one attached hydrogen (secondary N) is 2. The molecule has 0 aromatic heterocycles. The van der Waals surface area contributed by atoms with Gasteiger partial charge >= 0.3 is 0 Å². The Balaban J connectivity index is 2.05. The van der Waals surface area contributed by atoms with E-state index in [1.54, 1.807) is 7.11 Å². The van der Waals surface area contributed by atoms with Crippen LogP contribution in [0.25, 0.3) is 0 Å². The molecule has 2 N–H and O–H groups in total. The van der Waals surface area contributed by atoms with Gasteiger partial charge in [0.1, 0.15) is 5.75 Å². The Morgan fingerprint density at radius 2 is 2.30 bits per heavy atom. The van der Waals surface area contributed by atoms with Gasteiger partial charge in [0.25, 0.3) is 0 Å². The molecule has 0 spiro atoms. The number of hydrogen-bond donors (Lipinski definition) is 2. The quantitative estimate of drug-likeness (QED) is 0.889. The summed E-state index contributed by atoms with van der Waals surface area (Å²) in [7, 11) is 1.62. The summed E-state index contributed by atoms with van der Waals surface area (Å²) >= 11 is 0. The molecule has 0 saturated carbocycles. The lowest BCUT2D eigenvalue weighted by atomic mass is 9.90. The molecule has 1 aliphatic heterocycles. The van der Waals surface area contributed by atoms with Crippen molar-refractivity contribution in [2.24, 2.45) is 5.92 Å². The van der Waals surface area contributed by atoms with Crippen LogP contribution in [0, 0.1) is 12.8 Å². The van der Waals surface area contributed by atoms with Crippen LogP contribution in [0.3, 0.4) is 0 Å². The van der Waals surface area contributed by atoms with Crippen LogP contribution in [0.1, 0.15) is 31.7 Å². The molecule has 1 aromatic carbocycles. The van der Waals surface area contributed by atoms with Gasteiger partial charge in [-0.3, -0.25) is 4.79 Å². The average molecular weight is 276 g/mol. The zero-order chi connectivity index (χ0) is 14.5. The number of carbonyl (C=O) groups is 1. The molecule has 4 nitrogen and oxygen atoms in total. The third-order valence-corrected chi connectivity index (χ3v) is 4.02. The van der Waals surface area contributed by atoms with Crippen LogP contribution >= 0.6 is 0 Å². The number of methoxy groups -OCH3 is 1. The number of anilines is 1. The molecule has 4 heteroatoms. The number of ether oxygens (including phenoxy) is 1. The Labute approximate surface area is 120 Å². The summed E-state index contributed by atoms with van der Waals surface area (Å²) < 4.78 is 5.30. The van der Waals surface area contributed by atoms with Crippen LogP contribution in [-0.2, 0) is 4.79 Å². The van der Waals surface area contributed by atoms with Gasteiger partial charge in [-0.2, -0.15) is 0 Å². The number of rotatable bonds is 4. The summed E-state index contributed by atoms with van der Waals surface area (Å²) in [6.45, 7) is 5.11. The van der Waals surface area contributed by atoms with Gasteiger partial charge in [0, 0.05) is 0 Å². The predicted octanol–water partition coefficient (Wildman–Crippen LogP) is 2.72. The SMILES string of the molecule is CCC1CCNC(C(=O)Nc2cc(C)ccc2OC)C1. The first-order chi connectivity index (χ1) is 9.63. The Morgan fingerprint density at radius 1 is 1.50 bits per heavy atom. The highest BCUT2D eigenvalue weighted by Crippen LogP contribution is 2.26. The fraction of sp³-hybridized carbons (Fsp3) is 0.562. The van der Waals surface area contributed by atoms with E-state index in [0.717, 1.165) is 37.1 Å². The summed E-state index contributed by atoms with van der Waals surface area (Å²) in [5.74, 6) is 1.38. The maximum atomic E-state index is 12.4. The molecule has 1 fully saturated rings. The second kappa shape index (κ2) is 6.75. The largest absolute Gasteiger partial charge is 0.495 e. The topological polar surface area (TPSA) is 50.4 Å². The van der Waals surface area contributed by atoms with Crippen LogP contribution in [0.15, 0.2) is 18.2 Å². The number of carbonyl (C=O) groups excluding carboxylic acids is 1. The summed E-state index contributed by atoms with van der Waals surface area (Å²) in [5, 5.41) is 6.29. The van der Waals surface area contributed by atoms with Gasteiger partial charge in [0.2, 0.25) is 5.91 Å². The van der Waals surface area contributed by atoms with Gasteiger partial charge in [-0.05, 0) is 49.9 Å². The minimum Gasteiger partial charge on any atom is -0.495 e. The van der Waals surface area contributed by atoms with Crippen molar-refractivity contribution in [1.82, 2.24) is 5.32 Å². The van der Waals surface area contributed by atoms with E-state index < -0.39 is 0 Å². The highest BCUT2D eigenvalue weighted by molar-refractivity contribution is 5.96. The van der Waals surface area contributed by atoms with Crippen molar-refractivity contribution >= 4 is 11.6 Å². The van der Waals surface area contributed by atoms with Crippen molar-refractivity contribution in [2.45, 2.75) is 39.2 Å². The first-order valence-corrected chi connectivity index (χ1v) is 7.33. The lowest BCUT2D eigenvalue weighted by molar-refractivity contribution is -0.119. The van der Waals surface area contributed by atoms with E-state index >= 15 is 0 Å².